The molecule has 122 valence electrons. The lowest BCUT2D eigenvalue weighted by Crippen LogP contribution is -2.24. The fourth-order valence-corrected chi connectivity index (χ4v) is 3.10. The molecular formula is C18H17ClN4O. The first kappa shape index (κ1) is 15.1. The van der Waals surface area contributed by atoms with Crippen molar-refractivity contribution in [3.63, 3.8) is 0 Å². The average Bonchev–Trinajstić information content (AvgIpc) is 3.29. The number of nitrogens with one attached hydrogen (secondary N) is 1. The highest BCUT2D eigenvalue weighted by atomic mass is 35.5. The summed E-state index contributed by atoms with van der Waals surface area (Å²) < 4.78 is 2.15. The van der Waals surface area contributed by atoms with Crippen LogP contribution in [0.4, 0.5) is 0 Å². The molecule has 6 heteroatoms. The third kappa shape index (κ3) is 2.87. The summed E-state index contributed by atoms with van der Waals surface area (Å²) in [5, 5.41) is 4.41. The summed E-state index contributed by atoms with van der Waals surface area (Å²) in [6.07, 6.45) is 6.03. The largest absolute Gasteiger partial charge is 0.346 e. The van der Waals surface area contributed by atoms with E-state index in [9.17, 15) is 4.79 Å². The van der Waals surface area contributed by atoms with Crippen LogP contribution in [0.25, 0.3) is 10.9 Å². The van der Waals surface area contributed by atoms with E-state index in [2.05, 4.69) is 19.9 Å². The molecular weight excluding hydrogens is 324 g/mol. The van der Waals surface area contributed by atoms with Gasteiger partial charge in [-0.15, -0.1) is 0 Å². The van der Waals surface area contributed by atoms with Gasteiger partial charge in [0, 0.05) is 28.3 Å². The fraction of sp³-hybridized carbons (Fsp3) is 0.278. The van der Waals surface area contributed by atoms with E-state index in [4.69, 9.17) is 11.6 Å². The zero-order valence-electron chi connectivity index (χ0n) is 13.3. The minimum Gasteiger partial charge on any atom is -0.346 e. The Morgan fingerprint density at radius 2 is 2.21 bits per heavy atom. The van der Waals surface area contributed by atoms with Gasteiger partial charge >= 0.3 is 0 Å². The Morgan fingerprint density at radius 1 is 1.38 bits per heavy atom. The zero-order valence-corrected chi connectivity index (χ0v) is 14.0. The van der Waals surface area contributed by atoms with Crippen LogP contribution in [0, 0.1) is 6.92 Å². The number of carbonyl (C=O) groups is 1. The fourth-order valence-electron chi connectivity index (χ4n) is 2.94. The summed E-state index contributed by atoms with van der Waals surface area (Å²) in [7, 11) is 0. The van der Waals surface area contributed by atoms with Gasteiger partial charge in [0.05, 0.1) is 29.6 Å². The molecule has 2 aromatic heterocycles. The standard InChI is InChI=1S/C18H17ClN4O/c1-11-6-16(15-5-2-12(19)7-17(15)22-11)18(24)21-9-14-8-20-10-23(14)13-3-4-13/h2,5-8,10,13H,3-4,9H2,1H3,(H,21,24). The van der Waals surface area contributed by atoms with Gasteiger partial charge in [-0.05, 0) is 38.0 Å². The van der Waals surface area contributed by atoms with E-state index in [1.54, 1.807) is 12.1 Å². The molecule has 1 fully saturated rings. The van der Waals surface area contributed by atoms with Crippen LogP contribution >= 0.6 is 11.6 Å². The average molecular weight is 341 g/mol. The topological polar surface area (TPSA) is 59.8 Å². The molecule has 24 heavy (non-hydrogen) atoms. The van der Waals surface area contributed by atoms with E-state index in [1.165, 1.54) is 12.8 Å². The van der Waals surface area contributed by atoms with Crippen molar-refractivity contribution >= 4 is 28.4 Å². The number of benzene rings is 1. The van der Waals surface area contributed by atoms with Crippen LogP contribution in [0.5, 0.6) is 0 Å². The summed E-state index contributed by atoms with van der Waals surface area (Å²) in [6, 6.07) is 7.76. The smallest absolute Gasteiger partial charge is 0.252 e. The molecule has 1 saturated carbocycles. The number of pyridine rings is 1. The quantitative estimate of drug-likeness (QED) is 0.788. The van der Waals surface area contributed by atoms with Crippen LogP contribution in [-0.4, -0.2) is 20.4 Å². The van der Waals surface area contributed by atoms with Crippen LogP contribution in [0.1, 0.15) is 40.6 Å². The van der Waals surface area contributed by atoms with Crippen molar-refractivity contribution in [2.75, 3.05) is 0 Å². The van der Waals surface area contributed by atoms with Crippen molar-refractivity contribution in [2.24, 2.45) is 0 Å². The number of rotatable bonds is 4. The lowest BCUT2D eigenvalue weighted by atomic mass is 10.1. The molecule has 0 unspecified atom stereocenters. The number of aromatic nitrogens is 3. The van der Waals surface area contributed by atoms with Crippen LogP contribution < -0.4 is 5.32 Å². The molecule has 0 spiro atoms. The third-order valence-corrected chi connectivity index (χ3v) is 4.50. The maximum absolute atomic E-state index is 12.7. The molecule has 3 aromatic rings. The summed E-state index contributed by atoms with van der Waals surface area (Å²) in [5.74, 6) is -0.114. The number of hydrogen-bond acceptors (Lipinski definition) is 3. The van der Waals surface area contributed by atoms with Crippen molar-refractivity contribution < 1.29 is 4.79 Å². The highest BCUT2D eigenvalue weighted by Gasteiger charge is 2.25. The number of nitrogens with zero attached hydrogens (tertiary/aromatic N) is 3. The molecule has 1 aromatic carbocycles. The number of aryl methyl sites for hydroxylation is 1. The van der Waals surface area contributed by atoms with Crippen molar-refractivity contribution in [3.05, 3.63) is 58.8 Å². The van der Waals surface area contributed by atoms with Gasteiger partial charge in [-0.1, -0.05) is 17.7 Å². The first-order chi connectivity index (χ1) is 11.6. The lowest BCUT2D eigenvalue weighted by Gasteiger charge is -2.11. The Bertz CT molecular complexity index is 925. The maximum Gasteiger partial charge on any atom is 0.252 e. The minimum absolute atomic E-state index is 0.114. The van der Waals surface area contributed by atoms with Gasteiger partial charge in [0.1, 0.15) is 0 Å². The molecule has 1 aliphatic rings. The SMILES string of the molecule is Cc1cc(C(=O)NCc2cncn2C2CC2)c2ccc(Cl)cc2n1. The maximum atomic E-state index is 12.7. The van der Waals surface area contributed by atoms with Crippen molar-refractivity contribution in [1.82, 2.24) is 19.9 Å². The first-order valence-electron chi connectivity index (χ1n) is 7.97. The van der Waals surface area contributed by atoms with Crippen molar-refractivity contribution in [1.29, 1.82) is 0 Å². The van der Waals surface area contributed by atoms with Gasteiger partial charge in [-0.2, -0.15) is 0 Å². The summed E-state index contributed by atoms with van der Waals surface area (Å²) in [4.78, 5) is 21.3. The molecule has 0 bridgehead atoms. The first-order valence-corrected chi connectivity index (χ1v) is 8.35. The number of amides is 1. The second-order valence-corrected chi connectivity index (χ2v) is 6.62. The van der Waals surface area contributed by atoms with Gasteiger partial charge in [0.25, 0.3) is 5.91 Å². The Kier molecular flexibility index (Phi) is 3.73. The van der Waals surface area contributed by atoms with E-state index < -0.39 is 0 Å². The number of halogens is 1. The van der Waals surface area contributed by atoms with Gasteiger partial charge in [0.15, 0.2) is 0 Å². The molecule has 2 heterocycles. The highest BCUT2D eigenvalue weighted by molar-refractivity contribution is 6.31. The van der Waals surface area contributed by atoms with E-state index in [-0.39, 0.29) is 5.91 Å². The number of fused-ring (bicyclic) bond motifs is 1. The molecule has 5 nitrogen and oxygen atoms in total. The second-order valence-electron chi connectivity index (χ2n) is 6.18. The molecule has 0 radical (unpaired) electrons. The van der Waals surface area contributed by atoms with E-state index in [1.807, 2.05) is 31.6 Å². The molecule has 0 aliphatic heterocycles. The predicted molar refractivity (Wildman–Crippen MR) is 93.2 cm³/mol. The van der Waals surface area contributed by atoms with Gasteiger partial charge < -0.3 is 9.88 Å². The zero-order chi connectivity index (χ0) is 16.7. The summed E-state index contributed by atoms with van der Waals surface area (Å²) >= 11 is 6.03. The monoisotopic (exact) mass is 340 g/mol. The van der Waals surface area contributed by atoms with Gasteiger partial charge in [-0.3, -0.25) is 9.78 Å². The normalized spacial score (nSPS) is 14.1. The second kappa shape index (κ2) is 5.91. The lowest BCUT2D eigenvalue weighted by molar-refractivity contribution is 0.0951. The van der Waals surface area contributed by atoms with Crippen molar-refractivity contribution in [3.8, 4) is 0 Å². The Labute approximate surface area is 144 Å². The van der Waals surface area contributed by atoms with E-state index in [0.717, 1.165) is 22.3 Å². The Hall–Kier alpha value is -2.40. The number of hydrogen-bond donors (Lipinski definition) is 1. The molecule has 0 saturated heterocycles. The molecule has 0 atom stereocenters. The summed E-state index contributed by atoms with van der Waals surface area (Å²) in [5.41, 5.74) is 3.17. The van der Waals surface area contributed by atoms with Crippen LogP contribution in [0.2, 0.25) is 5.02 Å². The third-order valence-electron chi connectivity index (χ3n) is 4.26. The van der Waals surface area contributed by atoms with Gasteiger partial charge in [0.2, 0.25) is 0 Å². The Balaban J connectivity index is 1.60. The van der Waals surface area contributed by atoms with Crippen LogP contribution in [0.15, 0.2) is 36.8 Å². The number of imidazole rings is 1. The van der Waals surface area contributed by atoms with E-state index in [0.29, 0.717) is 23.2 Å². The predicted octanol–water partition coefficient (Wildman–Crippen LogP) is 3.66. The molecule has 4 rings (SSSR count). The Morgan fingerprint density at radius 3 is 3.00 bits per heavy atom. The van der Waals surface area contributed by atoms with E-state index >= 15 is 0 Å². The van der Waals surface area contributed by atoms with Crippen molar-refractivity contribution in [2.45, 2.75) is 32.4 Å². The van der Waals surface area contributed by atoms with Crippen LogP contribution in [-0.2, 0) is 6.54 Å². The number of carbonyl (C=O) groups excluding carboxylic acids is 1. The van der Waals surface area contributed by atoms with Crippen LogP contribution in [0.3, 0.4) is 0 Å². The molecule has 1 amide bonds. The highest BCUT2D eigenvalue weighted by Crippen LogP contribution is 2.35. The summed E-state index contributed by atoms with van der Waals surface area (Å²) in [6.45, 7) is 2.34. The van der Waals surface area contributed by atoms with Gasteiger partial charge in [-0.25, -0.2) is 4.98 Å². The molecule has 1 aliphatic carbocycles. The minimum atomic E-state index is -0.114. The molecule has 1 N–H and O–H groups in total.